The van der Waals surface area contributed by atoms with Crippen LogP contribution in [-0.2, 0) is 22.7 Å². The fourth-order valence-electron chi connectivity index (χ4n) is 2.76. The summed E-state index contributed by atoms with van der Waals surface area (Å²) in [5.74, 6) is 1.69. The number of halogens is 1. The van der Waals surface area contributed by atoms with Crippen LogP contribution in [0.15, 0.2) is 24.3 Å². The molecule has 0 saturated carbocycles. The highest BCUT2D eigenvalue weighted by Gasteiger charge is 2.33. The number of hydrogen-bond donors (Lipinski definition) is 0. The van der Waals surface area contributed by atoms with Gasteiger partial charge in [0, 0.05) is 5.88 Å². The summed E-state index contributed by atoms with van der Waals surface area (Å²) in [6, 6.07) is 8.57. The van der Waals surface area contributed by atoms with Gasteiger partial charge in [-0.25, -0.2) is 8.42 Å². The van der Waals surface area contributed by atoms with Crippen molar-refractivity contribution in [1.29, 1.82) is 0 Å². The van der Waals surface area contributed by atoms with E-state index in [-0.39, 0.29) is 11.8 Å². The Morgan fingerprint density at radius 3 is 2.37 bits per heavy atom. The molecule has 0 bridgehead atoms. The number of benzene rings is 1. The highest BCUT2D eigenvalue weighted by atomic mass is 35.5. The van der Waals surface area contributed by atoms with Gasteiger partial charge in [0.15, 0.2) is 9.84 Å². The monoisotopic (exact) mass is 300 g/mol. The van der Waals surface area contributed by atoms with Crippen molar-refractivity contribution in [1.82, 2.24) is 0 Å². The maximum absolute atomic E-state index is 11.6. The van der Waals surface area contributed by atoms with Crippen LogP contribution in [0.3, 0.4) is 0 Å². The van der Waals surface area contributed by atoms with Crippen LogP contribution in [0.1, 0.15) is 24.5 Å². The lowest BCUT2D eigenvalue weighted by Crippen LogP contribution is -2.20. The molecule has 1 aliphatic rings. The van der Waals surface area contributed by atoms with Gasteiger partial charge in [-0.2, -0.15) is 0 Å². The van der Waals surface area contributed by atoms with Crippen LogP contribution in [0.2, 0.25) is 0 Å². The summed E-state index contributed by atoms with van der Waals surface area (Å²) < 4.78 is 23.1. The van der Waals surface area contributed by atoms with Gasteiger partial charge in [-0.05, 0) is 42.2 Å². The molecular formula is C15H21ClO2S. The molecule has 106 valence electrons. The second kappa shape index (κ2) is 6.27. The molecule has 2 nitrogen and oxygen atoms in total. The van der Waals surface area contributed by atoms with E-state index in [1.807, 2.05) is 0 Å². The predicted molar refractivity (Wildman–Crippen MR) is 80.5 cm³/mol. The zero-order chi connectivity index (χ0) is 13.9. The molecule has 19 heavy (non-hydrogen) atoms. The van der Waals surface area contributed by atoms with E-state index in [9.17, 15) is 8.42 Å². The highest BCUT2D eigenvalue weighted by Crippen LogP contribution is 2.29. The average molecular weight is 301 g/mol. The number of alkyl halides is 1. The van der Waals surface area contributed by atoms with E-state index in [2.05, 4.69) is 31.2 Å². The Balaban J connectivity index is 2.02. The maximum atomic E-state index is 11.6. The Hall–Kier alpha value is -0.540. The van der Waals surface area contributed by atoms with Crippen molar-refractivity contribution in [3.8, 4) is 0 Å². The van der Waals surface area contributed by atoms with Crippen LogP contribution < -0.4 is 0 Å². The van der Waals surface area contributed by atoms with Gasteiger partial charge in [0.2, 0.25) is 0 Å². The summed E-state index contributed by atoms with van der Waals surface area (Å²) in [5.41, 5.74) is 2.58. The van der Waals surface area contributed by atoms with Gasteiger partial charge in [0.05, 0.1) is 11.5 Å². The third kappa shape index (κ3) is 3.96. The van der Waals surface area contributed by atoms with E-state index >= 15 is 0 Å². The Labute approximate surface area is 121 Å². The van der Waals surface area contributed by atoms with Gasteiger partial charge in [-0.3, -0.25) is 0 Å². The Morgan fingerprint density at radius 1 is 1.26 bits per heavy atom. The quantitative estimate of drug-likeness (QED) is 0.783. The third-order valence-electron chi connectivity index (χ3n) is 4.06. The molecule has 0 N–H and O–H groups in total. The first-order valence-corrected chi connectivity index (χ1v) is 9.24. The van der Waals surface area contributed by atoms with Crippen LogP contribution in [0.25, 0.3) is 0 Å². The zero-order valence-corrected chi connectivity index (χ0v) is 12.9. The van der Waals surface area contributed by atoms with Crippen LogP contribution in [0.5, 0.6) is 0 Å². The summed E-state index contributed by atoms with van der Waals surface area (Å²) in [4.78, 5) is 0. The normalized spacial score (nSPS) is 23.4. The minimum atomic E-state index is -2.81. The highest BCUT2D eigenvalue weighted by molar-refractivity contribution is 7.91. The van der Waals surface area contributed by atoms with Gasteiger partial charge in [0.25, 0.3) is 0 Å². The standard InChI is InChI=1S/C15H21ClO2S/c1-2-12-3-5-13(6-4-12)9-15(10-16)14-7-8-19(17,18)11-14/h3-6,14-15H,2,7-11H2,1H3. The lowest BCUT2D eigenvalue weighted by atomic mass is 9.87. The number of rotatable bonds is 5. The first-order valence-electron chi connectivity index (χ1n) is 6.88. The molecule has 2 rings (SSSR count). The molecule has 1 saturated heterocycles. The Morgan fingerprint density at radius 2 is 1.89 bits per heavy atom. The van der Waals surface area contributed by atoms with Gasteiger partial charge >= 0.3 is 0 Å². The van der Waals surface area contributed by atoms with Gasteiger partial charge < -0.3 is 0 Å². The van der Waals surface area contributed by atoms with E-state index in [1.54, 1.807) is 0 Å². The maximum Gasteiger partial charge on any atom is 0.150 e. The molecule has 4 heteroatoms. The molecule has 1 aromatic carbocycles. The molecule has 1 fully saturated rings. The van der Waals surface area contributed by atoms with Crippen molar-refractivity contribution in [3.05, 3.63) is 35.4 Å². The van der Waals surface area contributed by atoms with Gasteiger partial charge in [-0.1, -0.05) is 31.2 Å². The van der Waals surface area contributed by atoms with Gasteiger partial charge in [-0.15, -0.1) is 11.6 Å². The van der Waals surface area contributed by atoms with E-state index in [0.29, 0.717) is 17.4 Å². The fourth-order valence-corrected chi connectivity index (χ4v) is 5.04. The molecule has 1 heterocycles. The van der Waals surface area contributed by atoms with Crippen LogP contribution in [0, 0.1) is 11.8 Å². The largest absolute Gasteiger partial charge is 0.229 e. The molecule has 0 spiro atoms. The molecule has 2 atom stereocenters. The van der Waals surface area contributed by atoms with E-state index < -0.39 is 9.84 Å². The van der Waals surface area contributed by atoms with Crippen LogP contribution in [0.4, 0.5) is 0 Å². The topological polar surface area (TPSA) is 34.1 Å². The molecule has 0 amide bonds. The summed E-state index contributed by atoms with van der Waals surface area (Å²) in [6.45, 7) is 2.14. The lowest BCUT2D eigenvalue weighted by Gasteiger charge is -2.20. The van der Waals surface area contributed by atoms with Crippen molar-refractivity contribution in [2.24, 2.45) is 11.8 Å². The third-order valence-corrected chi connectivity index (χ3v) is 6.25. The molecule has 1 aliphatic heterocycles. The molecule has 1 aromatic rings. The minimum Gasteiger partial charge on any atom is -0.229 e. The van der Waals surface area contributed by atoms with Gasteiger partial charge in [0.1, 0.15) is 0 Å². The second-order valence-electron chi connectivity index (χ2n) is 5.45. The first-order chi connectivity index (χ1) is 9.04. The first kappa shape index (κ1) is 14.9. The van der Waals surface area contributed by atoms with E-state index in [1.165, 1.54) is 11.1 Å². The summed E-state index contributed by atoms with van der Waals surface area (Å²) in [5, 5.41) is 0. The summed E-state index contributed by atoms with van der Waals surface area (Å²) >= 11 is 6.05. The van der Waals surface area contributed by atoms with E-state index in [4.69, 9.17) is 11.6 Å². The van der Waals surface area contributed by atoms with Crippen LogP contribution >= 0.6 is 11.6 Å². The predicted octanol–water partition coefficient (Wildman–Crippen LogP) is 3.08. The number of aryl methyl sites for hydroxylation is 1. The molecule has 0 aromatic heterocycles. The Bertz CT molecular complexity index is 507. The van der Waals surface area contributed by atoms with Crippen molar-refractivity contribution in [2.45, 2.75) is 26.2 Å². The average Bonchev–Trinajstić information content (AvgIpc) is 2.77. The summed E-state index contributed by atoms with van der Waals surface area (Å²) in [6.07, 6.45) is 2.69. The zero-order valence-electron chi connectivity index (χ0n) is 11.3. The van der Waals surface area contributed by atoms with Crippen molar-refractivity contribution in [2.75, 3.05) is 17.4 Å². The fraction of sp³-hybridized carbons (Fsp3) is 0.600. The smallest absolute Gasteiger partial charge is 0.150 e. The lowest BCUT2D eigenvalue weighted by molar-refractivity contribution is 0.398. The van der Waals surface area contributed by atoms with Crippen molar-refractivity contribution in [3.63, 3.8) is 0 Å². The number of hydrogen-bond acceptors (Lipinski definition) is 2. The Kier molecular flexibility index (Phi) is 4.91. The minimum absolute atomic E-state index is 0.230. The molecule has 0 radical (unpaired) electrons. The van der Waals surface area contributed by atoms with E-state index in [0.717, 1.165) is 19.3 Å². The molecule has 0 aliphatic carbocycles. The summed E-state index contributed by atoms with van der Waals surface area (Å²) in [7, 11) is -2.81. The van der Waals surface area contributed by atoms with Crippen molar-refractivity contribution < 1.29 is 8.42 Å². The second-order valence-corrected chi connectivity index (χ2v) is 7.99. The number of sulfone groups is 1. The van der Waals surface area contributed by atoms with Crippen molar-refractivity contribution >= 4 is 21.4 Å². The molecular weight excluding hydrogens is 280 g/mol. The SMILES string of the molecule is CCc1ccc(CC(CCl)C2CCS(=O)(=O)C2)cc1. The molecule has 2 unspecified atom stereocenters. The van der Waals surface area contributed by atoms with Crippen LogP contribution in [-0.4, -0.2) is 25.8 Å².